The molecular formula is C34H43N5O5. The molecule has 1 saturated carbocycles. The van der Waals surface area contributed by atoms with Gasteiger partial charge in [-0.1, -0.05) is 37.3 Å². The van der Waals surface area contributed by atoms with Crippen molar-refractivity contribution in [2.24, 2.45) is 5.92 Å². The van der Waals surface area contributed by atoms with Gasteiger partial charge in [0.1, 0.15) is 11.9 Å². The fourth-order valence-electron chi connectivity index (χ4n) is 6.26. The molecule has 1 aliphatic carbocycles. The molecular weight excluding hydrogens is 558 g/mol. The lowest BCUT2D eigenvalue weighted by Gasteiger charge is -2.32. The normalized spacial score (nSPS) is 20.2. The maximum absolute atomic E-state index is 14.2. The van der Waals surface area contributed by atoms with E-state index < -0.39 is 0 Å². The molecule has 1 aromatic carbocycles. The van der Waals surface area contributed by atoms with Crippen LogP contribution in [0.25, 0.3) is 22.6 Å². The summed E-state index contributed by atoms with van der Waals surface area (Å²) in [5.74, 6) is 1.87. The van der Waals surface area contributed by atoms with E-state index in [1.807, 2.05) is 67.8 Å². The van der Waals surface area contributed by atoms with Crippen LogP contribution in [0.15, 0.2) is 52.1 Å². The van der Waals surface area contributed by atoms with Gasteiger partial charge >= 0.3 is 5.69 Å². The van der Waals surface area contributed by atoms with Crippen molar-refractivity contribution in [1.82, 2.24) is 23.7 Å². The summed E-state index contributed by atoms with van der Waals surface area (Å²) in [5.41, 5.74) is 2.63. The molecule has 4 heterocycles. The molecule has 10 heteroatoms. The Morgan fingerprint density at radius 3 is 2.50 bits per heavy atom. The number of fused-ring (bicyclic) bond motifs is 1. The third-order valence-electron chi connectivity index (χ3n) is 8.65. The number of aryl methyl sites for hydroxylation is 1. The van der Waals surface area contributed by atoms with Crippen LogP contribution in [-0.2, 0) is 22.6 Å². The number of hydrogen-bond donors (Lipinski definition) is 0. The molecule has 1 aliphatic heterocycles. The van der Waals surface area contributed by atoms with Gasteiger partial charge in [-0.2, -0.15) is 0 Å². The van der Waals surface area contributed by atoms with Gasteiger partial charge in [-0.05, 0) is 76.8 Å². The topological polar surface area (TPSA) is 102 Å². The zero-order valence-corrected chi connectivity index (χ0v) is 26.2. The highest BCUT2D eigenvalue weighted by molar-refractivity contribution is 5.78. The number of hydrogen-bond acceptors (Lipinski definition) is 7. The number of pyridine rings is 1. The zero-order valence-electron chi connectivity index (χ0n) is 26.2. The van der Waals surface area contributed by atoms with Crippen molar-refractivity contribution in [3.8, 4) is 17.3 Å². The lowest BCUT2D eigenvalue weighted by molar-refractivity contribution is -0.163. The third-order valence-corrected chi connectivity index (χ3v) is 8.65. The summed E-state index contributed by atoms with van der Waals surface area (Å²) >= 11 is 0. The number of aromatic nitrogens is 5. The smallest absolute Gasteiger partial charge is 0.332 e. The monoisotopic (exact) mass is 601 g/mol. The van der Waals surface area contributed by atoms with Crippen LogP contribution in [0, 0.1) is 12.8 Å². The predicted octanol–water partition coefficient (Wildman–Crippen LogP) is 5.47. The van der Waals surface area contributed by atoms with Crippen molar-refractivity contribution in [1.29, 1.82) is 0 Å². The van der Waals surface area contributed by atoms with Crippen molar-refractivity contribution < 1.29 is 14.2 Å². The van der Waals surface area contributed by atoms with Gasteiger partial charge in [0.25, 0.3) is 5.56 Å². The van der Waals surface area contributed by atoms with Crippen LogP contribution in [0.1, 0.15) is 76.6 Å². The molecule has 0 spiro atoms. The molecule has 3 aromatic heterocycles. The first-order valence-electron chi connectivity index (χ1n) is 16.0. The molecule has 0 N–H and O–H groups in total. The van der Waals surface area contributed by atoms with Crippen LogP contribution in [0.5, 0.6) is 5.88 Å². The Balaban J connectivity index is 1.41. The van der Waals surface area contributed by atoms with E-state index in [2.05, 4.69) is 6.92 Å². The van der Waals surface area contributed by atoms with Crippen molar-refractivity contribution in [3.63, 3.8) is 0 Å². The summed E-state index contributed by atoms with van der Waals surface area (Å²) in [5, 5.41) is 0. The average Bonchev–Trinajstić information content (AvgIpc) is 3.35. The standard InChI is InChI=1S/C34H43N5O5/c1-22(2)39-32-30(33(40)37(34(39)41)16-10-18-43-29-13-8-9-17-42-29)38(21-25-11-6-5-7-12-25)31(36-32)27-14-15-28(35-24(27)4)44-26-19-23(3)20-26/h5-7,11-12,14-15,22-23,26,29H,8-10,13,16-21H2,1-4H3. The van der Waals surface area contributed by atoms with Crippen LogP contribution in [-0.4, -0.2) is 49.3 Å². The third kappa shape index (κ3) is 6.23. The van der Waals surface area contributed by atoms with E-state index in [0.29, 0.717) is 55.0 Å². The second kappa shape index (κ2) is 13.1. The minimum absolute atomic E-state index is 0.199. The van der Waals surface area contributed by atoms with Crippen molar-refractivity contribution in [3.05, 3.63) is 74.6 Å². The lowest BCUT2D eigenvalue weighted by atomic mass is 9.84. The first-order chi connectivity index (χ1) is 21.3. The van der Waals surface area contributed by atoms with Gasteiger partial charge in [-0.3, -0.25) is 13.9 Å². The van der Waals surface area contributed by atoms with E-state index in [1.165, 1.54) is 4.57 Å². The molecule has 0 radical (unpaired) electrons. The molecule has 4 aromatic rings. The Kier molecular flexibility index (Phi) is 9.00. The summed E-state index contributed by atoms with van der Waals surface area (Å²) in [7, 11) is 0. The van der Waals surface area contributed by atoms with E-state index in [4.69, 9.17) is 24.2 Å². The number of benzene rings is 1. The molecule has 44 heavy (non-hydrogen) atoms. The summed E-state index contributed by atoms with van der Waals surface area (Å²) < 4.78 is 22.6. The first kappa shape index (κ1) is 30.3. The molecule has 6 rings (SSSR count). The van der Waals surface area contributed by atoms with E-state index in [-0.39, 0.29) is 36.2 Å². The number of rotatable bonds is 11. The molecule has 1 atom stereocenters. The summed E-state index contributed by atoms with van der Waals surface area (Å²) in [6, 6.07) is 13.6. The fraction of sp³-hybridized carbons (Fsp3) is 0.529. The molecule has 2 fully saturated rings. The van der Waals surface area contributed by atoms with Gasteiger partial charge in [-0.15, -0.1) is 0 Å². The highest BCUT2D eigenvalue weighted by atomic mass is 16.7. The maximum atomic E-state index is 14.2. The average molecular weight is 602 g/mol. The van der Waals surface area contributed by atoms with E-state index >= 15 is 0 Å². The van der Waals surface area contributed by atoms with Gasteiger partial charge < -0.3 is 18.8 Å². The molecule has 1 saturated heterocycles. The van der Waals surface area contributed by atoms with Gasteiger partial charge in [0.2, 0.25) is 5.88 Å². The number of nitrogens with zero attached hydrogens (tertiary/aromatic N) is 5. The largest absolute Gasteiger partial charge is 0.474 e. The van der Waals surface area contributed by atoms with Crippen LogP contribution in [0.2, 0.25) is 0 Å². The van der Waals surface area contributed by atoms with Crippen LogP contribution >= 0.6 is 0 Å². The highest BCUT2D eigenvalue weighted by Crippen LogP contribution is 2.32. The quantitative estimate of drug-likeness (QED) is 0.210. The highest BCUT2D eigenvalue weighted by Gasteiger charge is 2.28. The minimum Gasteiger partial charge on any atom is -0.474 e. The van der Waals surface area contributed by atoms with Gasteiger partial charge in [0.05, 0.1) is 12.3 Å². The Labute approximate surface area is 257 Å². The predicted molar refractivity (Wildman–Crippen MR) is 169 cm³/mol. The fourth-order valence-corrected chi connectivity index (χ4v) is 6.26. The number of imidazole rings is 1. The maximum Gasteiger partial charge on any atom is 0.332 e. The van der Waals surface area contributed by atoms with Gasteiger partial charge in [-0.25, -0.2) is 14.8 Å². The Morgan fingerprint density at radius 2 is 1.82 bits per heavy atom. The van der Waals surface area contributed by atoms with Gasteiger partial charge in [0, 0.05) is 37.4 Å². The number of ether oxygens (including phenoxy) is 3. The van der Waals surface area contributed by atoms with Crippen molar-refractivity contribution in [2.75, 3.05) is 13.2 Å². The van der Waals surface area contributed by atoms with E-state index in [9.17, 15) is 9.59 Å². The minimum atomic E-state index is -0.365. The van der Waals surface area contributed by atoms with Crippen LogP contribution < -0.4 is 16.0 Å². The van der Waals surface area contributed by atoms with Crippen molar-refractivity contribution in [2.45, 2.75) is 97.7 Å². The second-order valence-electron chi connectivity index (χ2n) is 12.5. The van der Waals surface area contributed by atoms with Gasteiger partial charge in [0.15, 0.2) is 17.5 Å². The molecule has 2 aliphatic rings. The molecule has 10 nitrogen and oxygen atoms in total. The Hall–Kier alpha value is -3.76. The van der Waals surface area contributed by atoms with Crippen LogP contribution in [0.3, 0.4) is 0 Å². The van der Waals surface area contributed by atoms with E-state index in [1.54, 1.807) is 4.57 Å². The second-order valence-corrected chi connectivity index (χ2v) is 12.5. The SMILES string of the molecule is Cc1nc(OC2CC(C)C2)ccc1-c1nc2c(c(=O)n(CCCOC3CCCCO3)c(=O)n2C(C)C)n1Cc1ccccc1. The van der Waals surface area contributed by atoms with Crippen LogP contribution in [0.4, 0.5) is 0 Å². The Morgan fingerprint density at radius 1 is 1.02 bits per heavy atom. The molecule has 234 valence electrons. The lowest BCUT2D eigenvalue weighted by Crippen LogP contribution is -2.41. The summed E-state index contributed by atoms with van der Waals surface area (Å²) in [6.07, 6.45) is 5.58. The van der Waals surface area contributed by atoms with E-state index in [0.717, 1.165) is 48.9 Å². The molecule has 0 amide bonds. The first-order valence-corrected chi connectivity index (χ1v) is 16.0. The summed E-state index contributed by atoms with van der Waals surface area (Å²) in [6.45, 7) is 9.81. The summed E-state index contributed by atoms with van der Waals surface area (Å²) in [4.78, 5) is 37.8. The molecule has 1 unspecified atom stereocenters. The molecule has 0 bridgehead atoms. The Bertz CT molecular complexity index is 1710. The van der Waals surface area contributed by atoms with Crippen molar-refractivity contribution >= 4 is 11.2 Å². The zero-order chi connectivity index (χ0) is 30.8.